The van der Waals surface area contributed by atoms with E-state index in [1.165, 1.54) is 4.90 Å². The fraction of sp³-hybridized carbons (Fsp3) is 0.812. The Balaban J connectivity index is 2.19. The van der Waals surface area contributed by atoms with Crippen LogP contribution in [-0.2, 0) is 9.59 Å². The molecule has 21 heavy (non-hydrogen) atoms. The number of hydrogen-bond donors (Lipinski definition) is 1. The van der Waals surface area contributed by atoms with Crippen molar-refractivity contribution in [1.29, 1.82) is 0 Å². The van der Waals surface area contributed by atoms with Crippen LogP contribution in [0.15, 0.2) is 0 Å². The van der Waals surface area contributed by atoms with Gasteiger partial charge in [-0.25, -0.2) is 4.79 Å². The topological polar surface area (TPSA) is 66.5 Å². The molecule has 0 aromatic carbocycles. The van der Waals surface area contributed by atoms with Gasteiger partial charge in [-0.3, -0.25) is 19.8 Å². The van der Waals surface area contributed by atoms with Crippen LogP contribution in [0.2, 0.25) is 0 Å². The molecular weight excluding hydrogens is 268 g/mol. The summed E-state index contributed by atoms with van der Waals surface area (Å²) in [5.41, 5.74) is -0.173. The molecule has 4 amide bonds. The van der Waals surface area contributed by atoms with E-state index in [0.717, 1.165) is 25.7 Å². The average molecular weight is 294 g/mol. The van der Waals surface area contributed by atoms with Crippen LogP contribution in [0.3, 0.4) is 0 Å². The molecule has 118 valence electrons. The zero-order chi connectivity index (χ0) is 15.8. The summed E-state index contributed by atoms with van der Waals surface area (Å²) in [6.07, 6.45) is 3.93. The van der Waals surface area contributed by atoms with Crippen molar-refractivity contribution < 1.29 is 14.4 Å². The lowest BCUT2D eigenvalue weighted by molar-refractivity contribution is -0.146. The number of hydrogen-bond acceptors (Lipinski definition) is 3. The van der Waals surface area contributed by atoms with Gasteiger partial charge >= 0.3 is 6.03 Å². The van der Waals surface area contributed by atoms with Crippen LogP contribution in [0.1, 0.15) is 53.4 Å². The highest BCUT2D eigenvalue weighted by atomic mass is 16.2. The Morgan fingerprint density at radius 1 is 1.19 bits per heavy atom. The van der Waals surface area contributed by atoms with Gasteiger partial charge in [0.25, 0.3) is 0 Å². The number of imide groups is 2. The number of nitrogens with one attached hydrogen (secondary N) is 1. The Labute approximate surface area is 126 Å². The summed E-state index contributed by atoms with van der Waals surface area (Å²) in [5.74, 6) is -0.955. The van der Waals surface area contributed by atoms with Gasteiger partial charge in [-0.1, -0.05) is 40.5 Å². The number of amides is 4. The summed E-state index contributed by atoms with van der Waals surface area (Å²) in [6.45, 7) is 8.59. The lowest BCUT2D eigenvalue weighted by atomic mass is 9.80. The van der Waals surface area contributed by atoms with Crippen LogP contribution >= 0.6 is 0 Å². The molecule has 0 spiro atoms. The van der Waals surface area contributed by atoms with Crippen molar-refractivity contribution in [3.8, 4) is 0 Å². The summed E-state index contributed by atoms with van der Waals surface area (Å²) < 4.78 is 0. The summed E-state index contributed by atoms with van der Waals surface area (Å²) in [7, 11) is 0. The van der Waals surface area contributed by atoms with Gasteiger partial charge in [0.15, 0.2) is 0 Å². The Kier molecular flexibility index (Phi) is 4.40. The molecule has 1 aliphatic heterocycles. The molecule has 1 saturated heterocycles. The van der Waals surface area contributed by atoms with Gasteiger partial charge in [0, 0.05) is 6.54 Å². The Morgan fingerprint density at radius 2 is 1.76 bits per heavy atom. The van der Waals surface area contributed by atoms with Crippen molar-refractivity contribution in [3.05, 3.63) is 0 Å². The molecule has 0 radical (unpaired) electrons. The largest absolute Gasteiger partial charge is 0.330 e. The van der Waals surface area contributed by atoms with E-state index in [1.807, 2.05) is 13.8 Å². The standard InChI is InChI=1S/C16H26N2O3/c1-10(2)16(3,4)9-18-14(20)12(11-7-5-6-8-11)13(19)17-15(18)21/h10-12H,5-9H2,1-4H3,(H,17,19,21). The third-order valence-electron chi connectivity index (χ3n) is 5.29. The molecule has 5 heteroatoms. The number of nitrogens with zero attached hydrogens (tertiary/aromatic N) is 1. The summed E-state index contributed by atoms with van der Waals surface area (Å²) in [5, 5.41) is 2.38. The Morgan fingerprint density at radius 3 is 2.29 bits per heavy atom. The third-order valence-corrected chi connectivity index (χ3v) is 5.29. The zero-order valence-electron chi connectivity index (χ0n) is 13.4. The fourth-order valence-electron chi connectivity index (χ4n) is 3.08. The molecule has 1 unspecified atom stereocenters. The molecule has 2 fully saturated rings. The molecule has 0 bridgehead atoms. The van der Waals surface area contributed by atoms with Crippen molar-refractivity contribution in [1.82, 2.24) is 10.2 Å². The molecule has 1 heterocycles. The Bertz CT molecular complexity index is 450. The predicted octanol–water partition coefficient (Wildman–Crippen LogP) is 2.55. The van der Waals surface area contributed by atoms with Gasteiger partial charge in [0.05, 0.1) is 0 Å². The number of barbiturate groups is 1. The molecule has 2 rings (SSSR count). The highest BCUT2D eigenvalue weighted by Gasteiger charge is 2.46. The van der Waals surface area contributed by atoms with Crippen LogP contribution in [0.5, 0.6) is 0 Å². The number of carbonyl (C=O) groups excluding carboxylic acids is 3. The highest BCUT2D eigenvalue weighted by molar-refractivity contribution is 6.16. The first kappa shape index (κ1) is 16.0. The van der Waals surface area contributed by atoms with Gasteiger partial charge in [-0.05, 0) is 30.1 Å². The monoisotopic (exact) mass is 294 g/mol. The quantitative estimate of drug-likeness (QED) is 0.810. The maximum absolute atomic E-state index is 12.7. The summed E-state index contributed by atoms with van der Waals surface area (Å²) in [4.78, 5) is 38.0. The van der Waals surface area contributed by atoms with Crippen molar-refractivity contribution in [2.45, 2.75) is 53.4 Å². The molecular formula is C16H26N2O3. The van der Waals surface area contributed by atoms with E-state index in [1.54, 1.807) is 0 Å². The van der Waals surface area contributed by atoms with Crippen LogP contribution < -0.4 is 5.32 Å². The lowest BCUT2D eigenvalue weighted by Crippen LogP contribution is -2.61. The number of urea groups is 1. The predicted molar refractivity (Wildman–Crippen MR) is 79.3 cm³/mol. The minimum atomic E-state index is -0.673. The van der Waals surface area contributed by atoms with Gasteiger partial charge in [-0.2, -0.15) is 0 Å². The fourth-order valence-corrected chi connectivity index (χ4v) is 3.08. The summed E-state index contributed by atoms with van der Waals surface area (Å²) >= 11 is 0. The van der Waals surface area contributed by atoms with Crippen LogP contribution in [-0.4, -0.2) is 29.3 Å². The molecule has 1 N–H and O–H groups in total. The normalized spacial score (nSPS) is 24.9. The SMILES string of the molecule is CC(C)C(C)(C)CN1C(=O)NC(=O)C(C2CCCC2)C1=O. The zero-order valence-corrected chi connectivity index (χ0v) is 13.4. The third kappa shape index (κ3) is 3.11. The molecule has 1 aliphatic carbocycles. The van der Waals surface area contributed by atoms with E-state index in [2.05, 4.69) is 19.2 Å². The number of rotatable bonds is 4. The van der Waals surface area contributed by atoms with Gasteiger partial charge in [0.2, 0.25) is 11.8 Å². The van der Waals surface area contributed by atoms with E-state index in [-0.39, 0.29) is 17.2 Å². The minimum absolute atomic E-state index is 0.0928. The van der Waals surface area contributed by atoms with Crippen molar-refractivity contribution >= 4 is 17.8 Å². The van der Waals surface area contributed by atoms with Crippen LogP contribution in [0.4, 0.5) is 4.79 Å². The van der Waals surface area contributed by atoms with Crippen molar-refractivity contribution in [2.24, 2.45) is 23.2 Å². The second kappa shape index (κ2) is 5.78. The lowest BCUT2D eigenvalue weighted by Gasteiger charge is -2.39. The van der Waals surface area contributed by atoms with Gasteiger partial charge in [-0.15, -0.1) is 0 Å². The molecule has 2 aliphatic rings. The molecule has 5 nitrogen and oxygen atoms in total. The van der Waals surface area contributed by atoms with E-state index in [4.69, 9.17) is 0 Å². The van der Waals surface area contributed by atoms with Gasteiger partial charge < -0.3 is 0 Å². The minimum Gasteiger partial charge on any atom is -0.277 e. The van der Waals surface area contributed by atoms with Crippen molar-refractivity contribution in [3.63, 3.8) is 0 Å². The maximum atomic E-state index is 12.7. The molecule has 0 aromatic rings. The smallest absolute Gasteiger partial charge is 0.277 e. The van der Waals surface area contributed by atoms with Crippen molar-refractivity contribution in [2.75, 3.05) is 6.54 Å². The van der Waals surface area contributed by atoms with Gasteiger partial charge in [0.1, 0.15) is 5.92 Å². The maximum Gasteiger partial charge on any atom is 0.330 e. The van der Waals surface area contributed by atoms with E-state index < -0.39 is 17.9 Å². The molecule has 1 saturated carbocycles. The summed E-state index contributed by atoms with van der Waals surface area (Å²) in [6, 6.07) is -0.562. The second-order valence-corrected chi connectivity index (χ2v) is 7.38. The van der Waals surface area contributed by atoms with E-state index >= 15 is 0 Å². The number of carbonyl (C=O) groups is 3. The highest BCUT2D eigenvalue weighted by Crippen LogP contribution is 2.35. The van der Waals surface area contributed by atoms with E-state index in [9.17, 15) is 14.4 Å². The van der Waals surface area contributed by atoms with Crippen LogP contribution in [0, 0.1) is 23.2 Å². The molecule has 0 aromatic heterocycles. The first-order valence-electron chi connectivity index (χ1n) is 7.90. The first-order valence-corrected chi connectivity index (χ1v) is 7.90. The Hall–Kier alpha value is -1.39. The average Bonchev–Trinajstić information content (AvgIpc) is 2.88. The molecule has 1 atom stereocenters. The first-order chi connectivity index (χ1) is 9.74. The van der Waals surface area contributed by atoms with Crippen LogP contribution in [0.25, 0.3) is 0 Å². The van der Waals surface area contributed by atoms with E-state index in [0.29, 0.717) is 12.5 Å². The second-order valence-electron chi connectivity index (χ2n) is 7.38.